The Bertz CT molecular complexity index is 3420. The summed E-state index contributed by atoms with van der Waals surface area (Å²) in [5.74, 6) is 1.96. The Morgan fingerprint density at radius 3 is 1.68 bits per heavy atom. The van der Waals surface area contributed by atoms with Gasteiger partial charge in [0.05, 0.1) is 11.0 Å². The van der Waals surface area contributed by atoms with Crippen LogP contribution in [0.5, 0.6) is 0 Å². The lowest BCUT2D eigenvalue weighted by Crippen LogP contribution is -2.00. The van der Waals surface area contributed by atoms with Crippen molar-refractivity contribution in [2.24, 2.45) is 0 Å². The summed E-state index contributed by atoms with van der Waals surface area (Å²) >= 11 is 1.80. The molecule has 0 aliphatic heterocycles. The van der Waals surface area contributed by atoms with Crippen LogP contribution in [0.25, 0.3) is 115 Å². The standard InChI is InChI=1S/C51H30N4OS/c1-3-12-31(13-4-1)49-52-50(32-14-5-2-6-15-32)54-51(53-49)34-23-27-46-42(28-34)40-25-22-33(29-47(40)57-46)36-18-11-19-41-39-26-24-35(30-45(39)56-48(36)41)55-43-20-9-7-16-37(43)38-17-8-10-21-44(38)55/h1-30H. The van der Waals surface area contributed by atoms with Gasteiger partial charge in [-0.3, -0.25) is 0 Å². The van der Waals surface area contributed by atoms with E-state index in [4.69, 9.17) is 19.4 Å². The first-order valence-electron chi connectivity index (χ1n) is 19.0. The molecule has 0 unspecified atom stereocenters. The molecule has 266 valence electrons. The molecule has 0 spiro atoms. The van der Waals surface area contributed by atoms with Crippen molar-refractivity contribution in [2.75, 3.05) is 0 Å². The van der Waals surface area contributed by atoms with Crippen LogP contribution in [0, 0.1) is 0 Å². The number of furan rings is 1. The second-order valence-corrected chi connectivity index (χ2v) is 15.5. The van der Waals surface area contributed by atoms with Crippen molar-refractivity contribution < 1.29 is 4.42 Å². The van der Waals surface area contributed by atoms with Crippen LogP contribution in [0.15, 0.2) is 186 Å². The third-order valence-electron chi connectivity index (χ3n) is 11.1. The van der Waals surface area contributed by atoms with Gasteiger partial charge in [0.25, 0.3) is 0 Å². The van der Waals surface area contributed by atoms with Crippen molar-refractivity contribution in [3.05, 3.63) is 182 Å². The van der Waals surface area contributed by atoms with Gasteiger partial charge in [-0.2, -0.15) is 0 Å². The lowest BCUT2D eigenvalue weighted by Gasteiger charge is -2.08. The Kier molecular flexibility index (Phi) is 7.03. The average Bonchev–Trinajstić information content (AvgIpc) is 3.95. The third-order valence-corrected chi connectivity index (χ3v) is 12.2. The maximum Gasteiger partial charge on any atom is 0.164 e. The Balaban J connectivity index is 0.956. The number of thiophene rings is 1. The van der Waals surface area contributed by atoms with Crippen molar-refractivity contribution in [2.45, 2.75) is 0 Å². The van der Waals surface area contributed by atoms with Crippen molar-refractivity contribution in [1.29, 1.82) is 0 Å². The highest BCUT2D eigenvalue weighted by atomic mass is 32.1. The highest BCUT2D eigenvalue weighted by Crippen LogP contribution is 2.42. The van der Waals surface area contributed by atoms with E-state index in [0.29, 0.717) is 17.5 Å². The van der Waals surface area contributed by atoms with Gasteiger partial charge in [0.2, 0.25) is 0 Å². The molecule has 0 N–H and O–H groups in total. The summed E-state index contributed by atoms with van der Waals surface area (Å²) in [4.78, 5) is 14.9. The van der Waals surface area contributed by atoms with Crippen LogP contribution in [0.2, 0.25) is 0 Å². The molecular formula is C51H30N4OS. The first-order chi connectivity index (χ1) is 28.2. The van der Waals surface area contributed by atoms with E-state index >= 15 is 0 Å². The summed E-state index contributed by atoms with van der Waals surface area (Å²) in [6.07, 6.45) is 0. The first kappa shape index (κ1) is 31.9. The van der Waals surface area contributed by atoms with Crippen LogP contribution in [0.4, 0.5) is 0 Å². The zero-order chi connectivity index (χ0) is 37.5. The van der Waals surface area contributed by atoms with Gasteiger partial charge in [-0.15, -0.1) is 11.3 Å². The number of benzene rings is 8. The van der Waals surface area contributed by atoms with Crippen LogP contribution in [-0.2, 0) is 0 Å². The van der Waals surface area contributed by atoms with Gasteiger partial charge >= 0.3 is 0 Å². The van der Waals surface area contributed by atoms with Gasteiger partial charge in [-0.25, -0.2) is 15.0 Å². The molecule has 5 nitrogen and oxygen atoms in total. The summed E-state index contributed by atoms with van der Waals surface area (Å²) in [6.45, 7) is 0. The predicted molar refractivity (Wildman–Crippen MR) is 236 cm³/mol. The number of nitrogens with zero attached hydrogens (tertiary/aromatic N) is 4. The molecule has 12 aromatic rings. The molecule has 0 radical (unpaired) electrons. The van der Waals surface area contributed by atoms with Gasteiger partial charge in [-0.1, -0.05) is 127 Å². The fourth-order valence-corrected chi connectivity index (χ4v) is 9.50. The smallest absolute Gasteiger partial charge is 0.164 e. The van der Waals surface area contributed by atoms with E-state index in [2.05, 4.69) is 126 Å². The third kappa shape index (κ3) is 5.12. The van der Waals surface area contributed by atoms with E-state index in [-0.39, 0.29) is 0 Å². The number of rotatable bonds is 5. The van der Waals surface area contributed by atoms with Crippen LogP contribution < -0.4 is 0 Å². The molecular weight excluding hydrogens is 717 g/mol. The molecule has 0 bridgehead atoms. The molecule has 0 saturated heterocycles. The first-order valence-corrected chi connectivity index (χ1v) is 19.8. The van der Waals surface area contributed by atoms with Crippen LogP contribution in [0.3, 0.4) is 0 Å². The molecule has 4 aromatic heterocycles. The van der Waals surface area contributed by atoms with Crippen molar-refractivity contribution >= 4 is 75.3 Å². The fraction of sp³-hybridized carbons (Fsp3) is 0. The van der Waals surface area contributed by atoms with Gasteiger partial charge in [0.1, 0.15) is 11.2 Å². The van der Waals surface area contributed by atoms with Gasteiger partial charge < -0.3 is 8.98 Å². The quantitative estimate of drug-likeness (QED) is 0.176. The Morgan fingerprint density at radius 2 is 0.982 bits per heavy atom. The fourth-order valence-electron chi connectivity index (χ4n) is 8.38. The summed E-state index contributed by atoms with van der Waals surface area (Å²) in [7, 11) is 0. The topological polar surface area (TPSA) is 56.7 Å². The number of para-hydroxylation sites is 3. The molecule has 8 aromatic carbocycles. The highest BCUT2D eigenvalue weighted by molar-refractivity contribution is 7.25. The second kappa shape index (κ2) is 12.6. The Hall–Kier alpha value is -7.41. The number of hydrogen-bond donors (Lipinski definition) is 0. The summed E-state index contributed by atoms with van der Waals surface area (Å²) in [5, 5.41) is 7.09. The second-order valence-electron chi connectivity index (χ2n) is 14.4. The van der Waals surface area contributed by atoms with E-state index in [1.807, 2.05) is 60.7 Å². The lowest BCUT2D eigenvalue weighted by molar-refractivity contribution is 0.669. The molecule has 0 atom stereocenters. The maximum atomic E-state index is 6.79. The predicted octanol–water partition coefficient (Wildman–Crippen LogP) is 13.9. The number of hydrogen-bond acceptors (Lipinski definition) is 5. The van der Waals surface area contributed by atoms with Crippen molar-refractivity contribution in [3.8, 4) is 51.0 Å². The molecule has 0 saturated carbocycles. The van der Waals surface area contributed by atoms with E-state index < -0.39 is 0 Å². The van der Waals surface area contributed by atoms with Crippen LogP contribution in [-0.4, -0.2) is 19.5 Å². The summed E-state index contributed by atoms with van der Waals surface area (Å²) < 4.78 is 11.6. The summed E-state index contributed by atoms with van der Waals surface area (Å²) in [5.41, 5.74) is 10.3. The minimum atomic E-state index is 0.651. The number of fused-ring (bicyclic) bond motifs is 9. The zero-order valence-corrected chi connectivity index (χ0v) is 31.2. The van der Waals surface area contributed by atoms with Crippen LogP contribution >= 0.6 is 11.3 Å². The van der Waals surface area contributed by atoms with Gasteiger partial charge in [0.15, 0.2) is 17.5 Å². The SMILES string of the molecule is c1ccc(-c2nc(-c3ccccc3)nc(-c3ccc4sc5cc(-c6cccc7c6oc6cc(-n8c9ccccc9c9ccccc98)ccc67)ccc5c4c3)n2)cc1. The van der Waals surface area contributed by atoms with Crippen molar-refractivity contribution in [3.63, 3.8) is 0 Å². The maximum absolute atomic E-state index is 6.79. The van der Waals surface area contributed by atoms with Gasteiger partial charge in [0, 0.05) is 75.7 Å². The molecule has 0 fully saturated rings. The molecule has 0 aliphatic rings. The average molecular weight is 747 g/mol. The van der Waals surface area contributed by atoms with Gasteiger partial charge in [-0.05, 0) is 54.1 Å². The van der Waals surface area contributed by atoms with E-state index in [9.17, 15) is 0 Å². The monoisotopic (exact) mass is 746 g/mol. The van der Waals surface area contributed by atoms with Crippen molar-refractivity contribution in [1.82, 2.24) is 19.5 Å². The Labute approximate surface area is 330 Å². The molecule has 0 aliphatic carbocycles. The van der Waals surface area contributed by atoms with E-state index in [1.165, 1.54) is 42.0 Å². The Morgan fingerprint density at radius 1 is 0.386 bits per heavy atom. The lowest BCUT2D eigenvalue weighted by atomic mass is 10.0. The zero-order valence-electron chi connectivity index (χ0n) is 30.4. The molecule has 12 rings (SSSR count). The highest BCUT2D eigenvalue weighted by Gasteiger charge is 2.18. The minimum absolute atomic E-state index is 0.651. The largest absolute Gasteiger partial charge is 0.455 e. The molecule has 4 heterocycles. The summed E-state index contributed by atoms with van der Waals surface area (Å²) in [6, 6.07) is 63.8. The van der Waals surface area contributed by atoms with Crippen LogP contribution in [0.1, 0.15) is 0 Å². The number of aromatic nitrogens is 4. The molecule has 6 heteroatoms. The van der Waals surface area contributed by atoms with E-state index in [1.54, 1.807) is 11.3 Å². The molecule has 0 amide bonds. The molecule has 57 heavy (non-hydrogen) atoms. The minimum Gasteiger partial charge on any atom is -0.455 e. The van der Waals surface area contributed by atoms with E-state index in [0.717, 1.165) is 55.4 Å². The normalized spacial score (nSPS) is 11.9.